The lowest BCUT2D eigenvalue weighted by Gasteiger charge is -2.47. The molecule has 2 radical (unpaired) electrons. The molecule has 0 aliphatic rings. The predicted octanol–water partition coefficient (Wildman–Crippen LogP) is 6.69. The van der Waals surface area contributed by atoms with Gasteiger partial charge in [0.15, 0.2) is 0 Å². The molecule has 0 N–H and O–H groups in total. The van der Waals surface area contributed by atoms with Crippen LogP contribution in [0.5, 0.6) is 0 Å². The first kappa shape index (κ1) is 19.1. The number of hydrogen-bond acceptors (Lipinski definition) is 0. The minimum atomic E-state index is 0.0346. The highest BCUT2D eigenvalue weighted by Crippen LogP contribution is 2.54. The van der Waals surface area contributed by atoms with Crippen molar-refractivity contribution < 1.29 is 0 Å². The van der Waals surface area contributed by atoms with Crippen LogP contribution in [0.2, 0.25) is 5.31 Å². The molecule has 1 atom stereocenters. The Hall–Kier alpha value is 0.0649. The van der Waals surface area contributed by atoms with Gasteiger partial charge in [-0.1, -0.05) is 97.7 Å². The summed E-state index contributed by atoms with van der Waals surface area (Å²) in [5.74, 6) is 0. The van der Waals surface area contributed by atoms with E-state index < -0.39 is 0 Å². The Morgan fingerprint density at radius 2 is 1.16 bits per heavy atom. The summed E-state index contributed by atoms with van der Waals surface area (Å²) >= 11 is 0. The highest BCUT2D eigenvalue weighted by Gasteiger charge is 2.39. The van der Waals surface area contributed by atoms with Crippen molar-refractivity contribution >= 4 is 7.85 Å². The van der Waals surface area contributed by atoms with E-state index in [-0.39, 0.29) is 5.31 Å². The minimum absolute atomic E-state index is 0.0346. The van der Waals surface area contributed by atoms with Crippen molar-refractivity contribution in [3.63, 3.8) is 0 Å². The molecule has 0 aromatic carbocycles. The van der Waals surface area contributed by atoms with Crippen LogP contribution in [0.3, 0.4) is 0 Å². The van der Waals surface area contributed by atoms with Gasteiger partial charge < -0.3 is 0 Å². The smallest absolute Gasteiger partial charge is 0.0655 e. The van der Waals surface area contributed by atoms with Gasteiger partial charge in [-0.15, -0.1) is 0 Å². The molecule has 0 amide bonds. The summed E-state index contributed by atoms with van der Waals surface area (Å²) in [5.41, 5.74) is 0.332. The zero-order valence-electron chi connectivity index (χ0n) is 14.4. The van der Waals surface area contributed by atoms with E-state index in [1.165, 1.54) is 57.8 Å². The molecule has 1 heteroatoms. The predicted molar refractivity (Wildman–Crippen MR) is 90.0 cm³/mol. The Morgan fingerprint density at radius 1 is 0.684 bits per heavy atom. The monoisotopic (exact) mass is 264 g/mol. The van der Waals surface area contributed by atoms with Crippen LogP contribution in [0, 0.1) is 5.41 Å². The van der Waals surface area contributed by atoms with Gasteiger partial charge in [-0.25, -0.2) is 0 Å². The van der Waals surface area contributed by atoms with E-state index in [1.807, 2.05) is 0 Å². The van der Waals surface area contributed by atoms with Gasteiger partial charge in [0.25, 0.3) is 0 Å². The van der Waals surface area contributed by atoms with Crippen molar-refractivity contribution in [3.05, 3.63) is 0 Å². The largest absolute Gasteiger partial charge is 0.0753 e. The van der Waals surface area contributed by atoms with Gasteiger partial charge in [0.05, 0.1) is 7.85 Å². The molecule has 0 aliphatic carbocycles. The topological polar surface area (TPSA) is 0 Å². The van der Waals surface area contributed by atoms with Crippen LogP contribution in [-0.4, -0.2) is 7.85 Å². The second kappa shape index (κ2) is 9.89. The molecule has 0 aromatic rings. The molecule has 19 heavy (non-hydrogen) atoms. The quantitative estimate of drug-likeness (QED) is 0.272. The van der Waals surface area contributed by atoms with Crippen molar-refractivity contribution in [2.24, 2.45) is 5.41 Å². The van der Waals surface area contributed by atoms with Crippen molar-refractivity contribution in [1.29, 1.82) is 0 Å². The van der Waals surface area contributed by atoms with Crippen molar-refractivity contribution in [2.75, 3.05) is 0 Å². The van der Waals surface area contributed by atoms with Crippen LogP contribution < -0.4 is 0 Å². The zero-order valence-corrected chi connectivity index (χ0v) is 14.4. The third-order valence-electron chi connectivity index (χ3n) is 5.38. The molecule has 0 aromatic heterocycles. The number of hydrogen-bond donors (Lipinski definition) is 0. The fourth-order valence-electron chi connectivity index (χ4n) is 3.41. The van der Waals surface area contributed by atoms with Gasteiger partial charge in [-0.05, 0) is 18.3 Å². The maximum Gasteiger partial charge on any atom is 0.0753 e. The summed E-state index contributed by atoms with van der Waals surface area (Å²) in [4.78, 5) is 0. The van der Waals surface area contributed by atoms with Gasteiger partial charge in [-0.3, -0.25) is 0 Å². The lowest BCUT2D eigenvalue weighted by atomic mass is 9.48. The molecular formula is C18H37B. The van der Waals surface area contributed by atoms with E-state index >= 15 is 0 Å². The first-order chi connectivity index (χ1) is 8.99. The molecule has 0 fully saturated rings. The SMILES string of the molecule is [B]C(CC)(CC)C(C)(CCCC)CCCCCCC. The first-order valence-corrected chi connectivity index (χ1v) is 8.78. The van der Waals surface area contributed by atoms with Crippen molar-refractivity contribution in [3.8, 4) is 0 Å². The highest BCUT2D eigenvalue weighted by atomic mass is 14.4. The normalized spacial score (nSPS) is 15.4. The molecule has 0 nitrogen and oxygen atoms in total. The average Bonchev–Trinajstić information content (AvgIpc) is 2.43. The van der Waals surface area contributed by atoms with Crippen molar-refractivity contribution in [1.82, 2.24) is 0 Å². The molecule has 0 rings (SSSR count). The fraction of sp³-hybridized carbons (Fsp3) is 1.00. The molecule has 0 aliphatic heterocycles. The standard InChI is InChI=1S/C18H37B/c1-6-10-12-13-14-16-17(5,15-11-7-2)18(19,8-3)9-4/h6-16H2,1-5H3. The maximum absolute atomic E-state index is 6.76. The van der Waals surface area contributed by atoms with Crippen LogP contribution >= 0.6 is 0 Å². The minimum Gasteiger partial charge on any atom is -0.0655 e. The van der Waals surface area contributed by atoms with E-state index in [9.17, 15) is 0 Å². The Morgan fingerprint density at radius 3 is 1.63 bits per heavy atom. The van der Waals surface area contributed by atoms with Gasteiger partial charge in [0, 0.05) is 0 Å². The highest BCUT2D eigenvalue weighted by molar-refractivity contribution is 6.15. The second-order valence-corrected chi connectivity index (χ2v) is 6.69. The Balaban J connectivity index is 4.49. The fourth-order valence-corrected chi connectivity index (χ4v) is 3.41. The summed E-state index contributed by atoms with van der Waals surface area (Å²) in [5, 5.41) is 0.0346. The molecule has 0 spiro atoms. The van der Waals surface area contributed by atoms with Crippen molar-refractivity contribution in [2.45, 2.75) is 111 Å². The summed E-state index contributed by atoms with van der Waals surface area (Å²) < 4.78 is 0. The summed E-state index contributed by atoms with van der Waals surface area (Å²) in [6.07, 6.45) is 14.3. The van der Waals surface area contributed by atoms with Crippen LogP contribution in [0.25, 0.3) is 0 Å². The van der Waals surface area contributed by atoms with Crippen LogP contribution in [0.1, 0.15) is 105 Å². The van der Waals surface area contributed by atoms with Gasteiger partial charge in [0.2, 0.25) is 0 Å². The molecule has 0 saturated heterocycles. The van der Waals surface area contributed by atoms with E-state index in [4.69, 9.17) is 7.85 Å². The lowest BCUT2D eigenvalue weighted by molar-refractivity contribution is 0.150. The van der Waals surface area contributed by atoms with Crippen LogP contribution in [-0.2, 0) is 0 Å². The van der Waals surface area contributed by atoms with E-state index in [0.29, 0.717) is 5.41 Å². The Bertz CT molecular complexity index is 208. The van der Waals surface area contributed by atoms with E-state index in [0.717, 1.165) is 12.8 Å². The Kier molecular flexibility index (Phi) is 9.92. The molecule has 112 valence electrons. The molecule has 0 bridgehead atoms. The van der Waals surface area contributed by atoms with Gasteiger partial charge >= 0.3 is 0 Å². The third kappa shape index (κ3) is 5.92. The van der Waals surface area contributed by atoms with Crippen LogP contribution in [0.4, 0.5) is 0 Å². The summed E-state index contributed by atoms with van der Waals surface area (Å²) in [6.45, 7) is 11.6. The molecular weight excluding hydrogens is 227 g/mol. The molecule has 0 heterocycles. The maximum atomic E-state index is 6.76. The average molecular weight is 264 g/mol. The van der Waals surface area contributed by atoms with E-state index in [1.54, 1.807) is 0 Å². The first-order valence-electron chi connectivity index (χ1n) is 8.78. The van der Waals surface area contributed by atoms with E-state index in [2.05, 4.69) is 34.6 Å². The lowest BCUT2D eigenvalue weighted by Crippen LogP contribution is -2.34. The Labute approximate surface area is 124 Å². The second-order valence-electron chi connectivity index (χ2n) is 6.69. The number of rotatable bonds is 12. The zero-order chi connectivity index (χ0) is 14.8. The molecule has 0 saturated carbocycles. The van der Waals surface area contributed by atoms with Crippen LogP contribution in [0.15, 0.2) is 0 Å². The van der Waals surface area contributed by atoms with Gasteiger partial charge in [-0.2, -0.15) is 0 Å². The number of unbranched alkanes of at least 4 members (excludes halogenated alkanes) is 5. The molecule has 1 unspecified atom stereocenters. The van der Waals surface area contributed by atoms with Gasteiger partial charge in [0.1, 0.15) is 0 Å². The summed E-state index contributed by atoms with van der Waals surface area (Å²) in [7, 11) is 6.76. The third-order valence-corrected chi connectivity index (χ3v) is 5.38. The summed E-state index contributed by atoms with van der Waals surface area (Å²) in [6, 6.07) is 0.